The fourth-order valence-corrected chi connectivity index (χ4v) is 3.00. The first-order valence-corrected chi connectivity index (χ1v) is 10.8. The second-order valence-electron chi connectivity index (χ2n) is 6.40. The molecule has 168 valence electrons. The number of carbonyl (C=O) groups is 1. The predicted molar refractivity (Wildman–Crippen MR) is 109 cm³/mol. The molecule has 0 aliphatic rings. The van der Waals surface area contributed by atoms with Gasteiger partial charge >= 0.3 is 6.18 Å². The fraction of sp³-hybridized carbons (Fsp3) is 0.263. The van der Waals surface area contributed by atoms with Crippen LogP contribution in [0.15, 0.2) is 36.4 Å². The molecule has 31 heavy (non-hydrogen) atoms. The molecule has 3 N–H and O–H groups in total. The summed E-state index contributed by atoms with van der Waals surface area (Å²) in [5.41, 5.74) is -0.612. The zero-order chi connectivity index (χ0) is 23.2. The molecule has 1 amide bonds. The molecule has 0 aliphatic carbocycles. The van der Waals surface area contributed by atoms with Crippen LogP contribution in [0.4, 0.5) is 29.1 Å². The highest BCUT2D eigenvalue weighted by Gasteiger charge is 2.32. The van der Waals surface area contributed by atoms with Crippen molar-refractivity contribution in [3.8, 4) is 0 Å². The van der Waals surface area contributed by atoms with Crippen LogP contribution in [0.1, 0.15) is 23.7 Å². The number of hydrogen-bond acceptors (Lipinski definition) is 5. The zero-order valence-electron chi connectivity index (χ0n) is 16.5. The molecule has 2 aromatic rings. The number of sulfonamides is 1. The average Bonchev–Trinajstić information content (AvgIpc) is 2.65. The molecule has 1 heterocycles. The minimum absolute atomic E-state index is 0.0163. The number of nitrogens with one attached hydrogen (secondary N) is 3. The summed E-state index contributed by atoms with van der Waals surface area (Å²) in [6, 6.07) is 5.74. The van der Waals surface area contributed by atoms with Crippen molar-refractivity contribution in [3.63, 3.8) is 0 Å². The molecule has 0 bridgehead atoms. The molecule has 2 rings (SSSR count). The molecule has 7 nitrogen and oxygen atoms in total. The molecule has 0 aliphatic heterocycles. The maximum Gasteiger partial charge on any atom is 0.433 e. The molecule has 0 atom stereocenters. The molecule has 0 fully saturated rings. The van der Waals surface area contributed by atoms with Gasteiger partial charge in [-0.3, -0.25) is 9.52 Å². The molecular weight excluding hydrogens is 440 g/mol. The number of carbonyl (C=O) groups excluding carboxylic acids is 1. The van der Waals surface area contributed by atoms with Gasteiger partial charge in [-0.1, -0.05) is 6.07 Å². The van der Waals surface area contributed by atoms with Crippen LogP contribution in [0.2, 0.25) is 0 Å². The van der Waals surface area contributed by atoms with Crippen molar-refractivity contribution >= 4 is 33.5 Å². The Morgan fingerprint density at radius 1 is 1.19 bits per heavy atom. The lowest BCUT2D eigenvalue weighted by Crippen LogP contribution is -2.20. The summed E-state index contributed by atoms with van der Waals surface area (Å²) in [5, 5.41) is 5.21. The summed E-state index contributed by atoms with van der Waals surface area (Å²) in [4.78, 5) is 15.6. The smallest absolute Gasteiger partial charge is 0.370 e. The quantitative estimate of drug-likeness (QED) is 0.414. The van der Waals surface area contributed by atoms with Crippen molar-refractivity contribution in [2.45, 2.75) is 19.6 Å². The normalized spacial score (nSPS) is 12.1. The molecule has 0 unspecified atom stereocenters. The average molecular weight is 460 g/mol. The SMILES string of the molecule is CCNc1nc(C(F)(F)F)ccc1/C=C\C(=O)NCc1ccc(NS(C)(=O)=O)c(F)c1. The van der Waals surface area contributed by atoms with E-state index in [1.165, 1.54) is 24.3 Å². The largest absolute Gasteiger partial charge is 0.433 e. The van der Waals surface area contributed by atoms with Crippen LogP contribution < -0.4 is 15.4 Å². The summed E-state index contributed by atoms with van der Waals surface area (Å²) in [6.07, 6.45) is -1.28. The molecule has 1 aromatic heterocycles. The number of pyridine rings is 1. The second kappa shape index (κ2) is 9.77. The fourth-order valence-electron chi connectivity index (χ4n) is 2.44. The molecule has 0 spiro atoms. The van der Waals surface area contributed by atoms with Crippen LogP contribution in [0.5, 0.6) is 0 Å². The maximum absolute atomic E-state index is 14.0. The monoisotopic (exact) mass is 460 g/mol. The number of hydrogen-bond donors (Lipinski definition) is 3. The van der Waals surface area contributed by atoms with E-state index >= 15 is 0 Å². The van der Waals surface area contributed by atoms with Gasteiger partial charge in [-0.2, -0.15) is 13.2 Å². The Balaban J connectivity index is 2.05. The third-order valence-electron chi connectivity index (χ3n) is 3.77. The third kappa shape index (κ3) is 7.55. The van der Waals surface area contributed by atoms with Gasteiger partial charge in [0.05, 0.1) is 11.9 Å². The Bertz CT molecular complexity index is 1090. The Labute approximate surface area is 176 Å². The lowest BCUT2D eigenvalue weighted by molar-refractivity contribution is -0.141. The van der Waals surface area contributed by atoms with Crippen LogP contribution in [0.3, 0.4) is 0 Å². The van der Waals surface area contributed by atoms with E-state index < -0.39 is 33.6 Å². The van der Waals surface area contributed by atoms with Crippen LogP contribution in [-0.4, -0.2) is 32.1 Å². The summed E-state index contributed by atoms with van der Waals surface area (Å²) < 4.78 is 76.8. The summed E-state index contributed by atoms with van der Waals surface area (Å²) in [7, 11) is -3.63. The van der Waals surface area contributed by atoms with Crippen molar-refractivity contribution in [1.82, 2.24) is 10.3 Å². The highest BCUT2D eigenvalue weighted by Crippen LogP contribution is 2.29. The van der Waals surface area contributed by atoms with Crippen LogP contribution >= 0.6 is 0 Å². The highest BCUT2D eigenvalue weighted by molar-refractivity contribution is 7.92. The Hall–Kier alpha value is -3.15. The van der Waals surface area contributed by atoms with E-state index in [4.69, 9.17) is 0 Å². The lowest BCUT2D eigenvalue weighted by atomic mass is 10.2. The number of rotatable bonds is 8. The minimum atomic E-state index is -4.59. The van der Waals surface area contributed by atoms with E-state index in [9.17, 15) is 30.8 Å². The van der Waals surface area contributed by atoms with Gasteiger partial charge in [-0.15, -0.1) is 0 Å². The van der Waals surface area contributed by atoms with Crippen molar-refractivity contribution in [2.75, 3.05) is 22.8 Å². The first kappa shape index (κ1) is 24.1. The van der Waals surface area contributed by atoms with Gasteiger partial charge in [-0.25, -0.2) is 17.8 Å². The van der Waals surface area contributed by atoms with E-state index in [2.05, 4.69) is 15.6 Å². The summed E-state index contributed by atoms with van der Waals surface area (Å²) >= 11 is 0. The van der Waals surface area contributed by atoms with E-state index in [1.807, 2.05) is 4.72 Å². The Morgan fingerprint density at radius 2 is 1.90 bits per heavy atom. The first-order chi connectivity index (χ1) is 14.4. The van der Waals surface area contributed by atoms with Crippen molar-refractivity contribution in [1.29, 1.82) is 0 Å². The van der Waals surface area contributed by atoms with Crippen molar-refractivity contribution in [3.05, 3.63) is 59.0 Å². The molecule has 0 saturated carbocycles. The van der Waals surface area contributed by atoms with E-state index in [0.29, 0.717) is 12.1 Å². The molecule has 12 heteroatoms. The number of alkyl halides is 3. The van der Waals surface area contributed by atoms with E-state index in [-0.39, 0.29) is 23.6 Å². The third-order valence-corrected chi connectivity index (χ3v) is 4.36. The molecule has 0 saturated heterocycles. The number of halogens is 4. The second-order valence-corrected chi connectivity index (χ2v) is 8.15. The van der Waals surface area contributed by atoms with Crippen LogP contribution in [0, 0.1) is 5.82 Å². The predicted octanol–water partition coefficient (Wildman–Crippen LogP) is 3.37. The van der Waals surface area contributed by atoms with Gasteiger partial charge < -0.3 is 10.6 Å². The number of benzene rings is 1. The standard InChI is InChI=1S/C19H20F4N4O3S/c1-3-24-18-13(5-8-16(26-18)19(21,22)23)6-9-17(28)25-11-12-4-7-15(14(20)10-12)27-31(2,29)30/h4-10,27H,3,11H2,1-2H3,(H,24,26)(H,25,28)/b9-6-. The van der Waals surface area contributed by atoms with Gasteiger partial charge in [0, 0.05) is 24.7 Å². The van der Waals surface area contributed by atoms with Crippen LogP contribution in [-0.2, 0) is 27.5 Å². The highest BCUT2D eigenvalue weighted by atomic mass is 32.2. The number of amides is 1. The van der Waals surface area contributed by atoms with Gasteiger partial charge in [0.2, 0.25) is 15.9 Å². The zero-order valence-corrected chi connectivity index (χ0v) is 17.4. The van der Waals surface area contributed by atoms with Gasteiger partial charge in [-0.05, 0) is 42.8 Å². The van der Waals surface area contributed by atoms with Gasteiger partial charge in [0.25, 0.3) is 0 Å². The topological polar surface area (TPSA) is 100 Å². The van der Waals surface area contributed by atoms with Gasteiger partial charge in [0.15, 0.2) is 0 Å². The van der Waals surface area contributed by atoms with Gasteiger partial charge in [0.1, 0.15) is 17.3 Å². The van der Waals surface area contributed by atoms with Crippen molar-refractivity contribution in [2.24, 2.45) is 0 Å². The number of nitrogens with zero attached hydrogens (tertiary/aromatic N) is 1. The van der Waals surface area contributed by atoms with E-state index in [0.717, 1.165) is 24.5 Å². The Morgan fingerprint density at radius 3 is 2.48 bits per heavy atom. The Kier molecular flexibility index (Phi) is 7.60. The number of anilines is 2. The first-order valence-electron chi connectivity index (χ1n) is 8.93. The molecule has 1 aromatic carbocycles. The van der Waals surface area contributed by atoms with E-state index in [1.54, 1.807) is 6.92 Å². The summed E-state index contributed by atoms with van der Waals surface area (Å²) in [5.74, 6) is -1.39. The van der Waals surface area contributed by atoms with Crippen LogP contribution in [0.25, 0.3) is 6.08 Å². The minimum Gasteiger partial charge on any atom is -0.370 e. The van der Waals surface area contributed by atoms with Crippen molar-refractivity contribution < 1.29 is 30.8 Å². The molecule has 0 radical (unpaired) electrons. The summed E-state index contributed by atoms with van der Waals surface area (Å²) in [6.45, 7) is 1.97. The molecular formula is C19H20F4N4O3S. The lowest BCUT2D eigenvalue weighted by Gasteiger charge is -2.11. The number of aromatic nitrogens is 1. The maximum atomic E-state index is 14.0.